The first-order chi connectivity index (χ1) is 13.9. The predicted octanol–water partition coefficient (Wildman–Crippen LogP) is 3.05. The van der Waals surface area contributed by atoms with E-state index >= 15 is 0 Å². The third-order valence-corrected chi connectivity index (χ3v) is 4.58. The third-order valence-electron chi connectivity index (χ3n) is 4.17. The van der Waals surface area contributed by atoms with Gasteiger partial charge in [-0.1, -0.05) is 35.9 Å². The molecule has 1 heterocycles. The molecule has 0 saturated carbocycles. The average Bonchev–Trinajstić information content (AvgIpc) is 2.98. The minimum atomic E-state index is -0.549. The molecular formula is C21H19ClN2O5. The molecule has 8 heteroatoms. The van der Waals surface area contributed by atoms with Crippen LogP contribution in [0.4, 0.5) is 5.69 Å². The van der Waals surface area contributed by atoms with Crippen molar-refractivity contribution in [2.24, 2.45) is 0 Å². The van der Waals surface area contributed by atoms with Crippen molar-refractivity contribution in [3.8, 4) is 5.75 Å². The molecule has 3 rings (SSSR count). The molecule has 1 fully saturated rings. The number of anilines is 1. The second-order valence-electron chi connectivity index (χ2n) is 6.20. The van der Waals surface area contributed by atoms with E-state index < -0.39 is 17.8 Å². The first-order valence-electron chi connectivity index (χ1n) is 8.91. The van der Waals surface area contributed by atoms with Gasteiger partial charge in [0.05, 0.1) is 12.3 Å². The molecule has 2 amide bonds. The maximum absolute atomic E-state index is 12.8. The van der Waals surface area contributed by atoms with Crippen molar-refractivity contribution in [2.45, 2.75) is 13.8 Å². The molecule has 2 aromatic carbocycles. The molecule has 0 aromatic heterocycles. The number of nitrogens with one attached hydrogen (secondary N) is 1. The number of nitrogens with zero attached hydrogens (tertiary/aromatic N) is 1. The largest absolute Gasteiger partial charge is 0.481 e. The number of ether oxygens (including phenoxy) is 2. The number of hydrogen-bond donors (Lipinski definition) is 1. The van der Waals surface area contributed by atoms with Crippen LogP contribution >= 0.6 is 11.6 Å². The van der Waals surface area contributed by atoms with E-state index in [-0.39, 0.29) is 18.8 Å². The number of aryl methyl sites for hydroxylation is 1. The number of benzene rings is 2. The summed E-state index contributed by atoms with van der Waals surface area (Å²) in [5.41, 5.74) is 4.26. The predicted molar refractivity (Wildman–Crippen MR) is 108 cm³/mol. The summed E-state index contributed by atoms with van der Waals surface area (Å²) in [6, 6.07) is 11.8. The fraction of sp³-hybridized carbons (Fsp3) is 0.190. The number of carbonyl (C=O) groups excluding carboxylic acids is 3. The summed E-state index contributed by atoms with van der Waals surface area (Å²) in [7, 11) is 0. The van der Waals surface area contributed by atoms with Gasteiger partial charge in [0.25, 0.3) is 11.8 Å². The highest BCUT2D eigenvalue weighted by molar-refractivity contribution is 6.33. The van der Waals surface area contributed by atoms with E-state index in [1.807, 2.05) is 6.92 Å². The van der Waals surface area contributed by atoms with Crippen LogP contribution in [-0.2, 0) is 19.1 Å². The Morgan fingerprint density at radius 1 is 1.21 bits per heavy atom. The highest BCUT2D eigenvalue weighted by Crippen LogP contribution is 2.28. The highest BCUT2D eigenvalue weighted by Gasteiger charge is 2.34. The summed E-state index contributed by atoms with van der Waals surface area (Å²) in [5.74, 6) is -1.22. The standard InChI is InChI=1S/C21H19ClN2O5/c1-3-28-19(25)12-29-18-7-5-4-6-14(18)10-16-20(26)23-24(21(16)27)15-9-8-13(2)17(22)11-15/h4-11H,3,12H2,1-2H3,(H,23,26). The number of esters is 1. The van der Waals surface area contributed by atoms with Crippen molar-refractivity contribution in [1.82, 2.24) is 5.43 Å². The molecule has 0 aliphatic carbocycles. The van der Waals surface area contributed by atoms with Gasteiger partial charge in [0.15, 0.2) is 6.61 Å². The quantitative estimate of drug-likeness (QED) is 0.446. The Morgan fingerprint density at radius 3 is 2.69 bits per heavy atom. The van der Waals surface area contributed by atoms with Crippen LogP contribution < -0.4 is 15.2 Å². The first-order valence-corrected chi connectivity index (χ1v) is 9.29. The van der Waals surface area contributed by atoms with Gasteiger partial charge < -0.3 is 9.47 Å². The van der Waals surface area contributed by atoms with E-state index in [2.05, 4.69) is 5.43 Å². The van der Waals surface area contributed by atoms with Crippen molar-refractivity contribution < 1.29 is 23.9 Å². The Kier molecular flexibility index (Phi) is 6.19. The molecule has 0 radical (unpaired) electrons. The second-order valence-corrected chi connectivity index (χ2v) is 6.61. The molecule has 1 aliphatic heterocycles. The number of halogens is 1. The minimum absolute atomic E-state index is 0.0612. The van der Waals surface area contributed by atoms with Gasteiger partial charge in [0.1, 0.15) is 11.3 Å². The Hall–Kier alpha value is -3.32. The number of carbonyl (C=O) groups is 3. The van der Waals surface area contributed by atoms with Gasteiger partial charge >= 0.3 is 5.97 Å². The van der Waals surface area contributed by atoms with Crippen LogP contribution in [0.15, 0.2) is 48.0 Å². The van der Waals surface area contributed by atoms with Crippen molar-refractivity contribution in [3.63, 3.8) is 0 Å². The van der Waals surface area contributed by atoms with Gasteiger partial charge in [-0.25, -0.2) is 9.80 Å². The fourth-order valence-corrected chi connectivity index (χ4v) is 2.86. The molecule has 150 valence electrons. The lowest BCUT2D eigenvalue weighted by Gasteiger charge is -2.15. The molecule has 0 spiro atoms. The molecule has 1 aliphatic rings. The van der Waals surface area contributed by atoms with Gasteiger partial charge in [-0.05, 0) is 43.7 Å². The van der Waals surface area contributed by atoms with E-state index in [9.17, 15) is 14.4 Å². The van der Waals surface area contributed by atoms with Crippen LogP contribution in [0.5, 0.6) is 5.75 Å². The van der Waals surface area contributed by atoms with E-state index in [0.717, 1.165) is 10.6 Å². The molecule has 1 saturated heterocycles. The van der Waals surface area contributed by atoms with Gasteiger partial charge in [-0.2, -0.15) is 0 Å². The Balaban J connectivity index is 1.85. The Morgan fingerprint density at radius 2 is 1.97 bits per heavy atom. The summed E-state index contributed by atoms with van der Waals surface area (Å²) >= 11 is 6.13. The van der Waals surface area contributed by atoms with Gasteiger partial charge in [0, 0.05) is 10.6 Å². The normalized spacial score (nSPS) is 14.9. The molecule has 0 bridgehead atoms. The first kappa shape index (κ1) is 20.4. The van der Waals surface area contributed by atoms with Crippen LogP contribution in [0, 0.1) is 6.92 Å². The Bertz CT molecular complexity index is 1000. The topological polar surface area (TPSA) is 84.9 Å². The van der Waals surface area contributed by atoms with Crippen molar-refractivity contribution in [1.29, 1.82) is 0 Å². The minimum Gasteiger partial charge on any atom is -0.481 e. The zero-order chi connectivity index (χ0) is 21.0. The maximum Gasteiger partial charge on any atom is 0.344 e. The van der Waals surface area contributed by atoms with E-state index in [4.69, 9.17) is 21.1 Å². The third kappa shape index (κ3) is 4.57. The highest BCUT2D eigenvalue weighted by atomic mass is 35.5. The van der Waals surface area contributed by atoms with Crippen molar-refractivity contribution in [3.05, 3.63) is 64.2 Å². The van der Waals surface area contributed by atoms with E-state index in [1.54, 1.807) is 49.4 Å². The molecule has 29 heavy (non-hydrogen) atoms. The summed E-state index contributed by atoms with van der Waals surface area (Å²) in [5, 5.41) is 1.63. The summed E-state index contributed by atoms with van der Waals surface area (Å²) in [4.78, 5) is 36.7. The maximum atomic E-state index is 12.8. The molecular weight excluding hydrogens is 396 g/mol. The molecule has 2 aromatic rings. The average molecular weight is 415 g/mol. The second kappa shape index (κ2) is 8.79. The monoisotopic (exact) mass is 414 g/mol. The van der Waals surface area contributed by atoms with Crippen molar-refractivity contribution in [2.75, 3.05) is 18.2 Å². The lowest BCUT2D eigenvalue weighted by Crippen LogP contribution is -2.35. The summed E-state index contributed by atoms with van der Waals surface area (Å²) < 4.78 is 10.3. The lowest BCUT2D eigenvalue weighted by atomic mass is 10.1. The zero-order valence-electron chi connectivity index (χ0n) is 15.9. The van der Waals surface area contributed by atoms with Crippen molar-refractivity contribution >= 4 is 41.1 Å². The lowest BCUT2D eigenvalue weighted by molar-refractivity contribution is -0.145. The number of amides is 2. The summed E-state index contributed by atoms with van der Waals surface area (Å²) in [6.07, 6.45) is 1.42. The van der Waals surface area contributed by atoms with Crippen LogP contribution in [0.3, 0.4) is 0 Å². The molecule has 7 nitrogen and oxygen atoms in total. The smallest absolute Gasteiger partial charge is 0.344 e. The van der Waals surface area contributed by atoms with Crippen LogP contribution in [0.1, 0.15) is 18.1 Å². The number of para-hydroxylation sites is 1. The van der Waals surface area contributed by atoms with E-state index in [0.29, 0.717) is 22.0 Å². The van der Waals surface area contributed by atoms with Gasteiger partial charge in [-0.3, -0.25) is 15.0 Å². The number of rotatable bonds is 6. The van der Waals surface area contributed by atoms with Crippen LogP contribution in [0.2, 0.25) is 5.02 Å². The van der Waals surface area contributed by atoms with Crippen LogP contribution in [0.25, 0.3) is 6.08 Å². The van der Waals surface area contributed by atoms with Crippen LogP contribution in [-0.4, -0.2) is 31.0 Å². The SMILES string of the molecule is CCOC(=O)COc1ccccc1C=C1C(=O)NN(c2ccc(C)c(Cl)c2)C1=O. The zero-order valence-corrected chi connectivity index (χ0v) is 16.7. The van der Waals surface area contributed by atoms with Gasteiger partial charge in [0.2, 0.25) is 0 Å². The summed E-state index contributed by atoms with van der Waals surface area (Å²) in [6.45, 7) is 3.52. The number of hydrogen-bond acceptors (Lipinski definition) is 5. The molecule has 0 atom stereocenters. The molecule has 1 N–H and O–H groups in total. The van der Waals surface area contributed by atoms with Gasteiger partial charge in [-0.15, -0.1) is 0 Å². The Labute approximate surface area is 172 Å². The van der Waals surface area contributed by atoms with E-state index in [1.165, 1.54) is 6.08 Å². The number of hydrazine groups is 1. The molecule has 0 unspecified atom stereocenters. The fourth-order valence-electron chi connectivity index (χ4n) is 2.69.